The molecule has 0 spiro atoms. The Kier molecular flexibility index (Phi) is 12.8. The SMILES string of the molecule is C=C/C=C\C(=C/C)N1C(=O)/C(=C/c2ccc(Oc3ccc([N+](=O)[O-])cc3[N+](=O)[O-])c(OC)c2)C(=O)N=C1SCC(=O)NC(c1ccccc1)c1ccccc1. The zero-order chi connectivity index (χ0) is 39.5. The van der Waals surface area contributed by atoms with Crippen molar-refractivity contribution in [2.24, 2.45) is 4.99 Å². The van der Waals surface area contributed by atoms with E-state index in [0.717, 1.165) is 41.1 Å². The second-order valence-electron chi connectivity index (χ2n) is 11.5. The van der Waals surface area contributed by atoms with Gasteiger partial charge in [-0.05, 0) is 54.0 Å². The molecule has 0 saturated carbocycles. The number of nitrogens with zero attached hydrogens (tertiary/aromatic N) is 4. The molecule has 4 aromatic carbocycles. The number of aliphatic imine (C=N–C) groups is 1. The molecule has 0 atom stereocenters. The summed E-state index contributed by atoms with van der Waals surface area (Å²) in [4.78, 5) is 67.7. The first kappa shape index (κ1) is 39.1. The van der Waals surface area contributed by atoms with Gasteiger partial charge in [-0.25, -0.2) is 0 Å². The van der Waals surface area contributed by atoms with Crippen molar-refractivity contribution in [3.63, 3.8) is 0 Å². The first-order valence-corrected chi connectivity index (χ1v) is 17.5. The van der Waals surface area contributed by atoms with Crippen LogP contribution >= 0.6 is 11.8 Å². The molecule has 0 fully saturated rings. The number of hydrogen-bond acceptors (Lipinski definition) is 10. The summed E-state index contributed by atoms with van der Waals surface area (Å²) in [6.07, 6.45) is 7.70. The zero-order valence-electron chi connectivity index (χ0n) is 29.5. The van der Waals surface area contributed by atoms with Gasteiger partial charge in [-0.1, -0.05) is 103 Å². The maximum absolute atomic E-state index is 14.1. The molecule has 55 heavy (non-hydrogen) atoms. The average molecular weight is 760 g/mol. The number of amidine groups is 1. The number of hydrogen-bond donors (Lipinski definition) is 1. The van der Waals surface area contributed by atoms with Gasteiger partial charge >= 0.3 is 5.69 Å². The van der Waals surface area contributed by atoms with Gasteiger partial charge in [-0.15, -0.1) is 0 Å². The molecule has 0 bridgehead atoms. The Morgan fingerprint density at radius 3 is 2.16 bits per heavy atom. The molecular weight excluding hydrogens is 727 g/mol. The topological polar surface area (TPSA) is 184 Å². The van der Waals surface area contributed by atoms with Crippen LogP contribution in [0.3, 0.4) is 0 Å². The minimum atomic E-state index is -0.848. The summed E-state index contributed by atoms with van der Waals surface area (Å²) in [5, 5.41) is 25.8. The Labute approximate surface area is 319 Å². The van der Waals surface area contributed by atoms with Crippen molar-refractivity contribution >= 4 is 52.1 Å². The summed E-state index contributed by atoms with van der Waals surface area (Å²) < 4.78 is 11.1. The molecule has 0 aromatic heterocycles. The summed E-state index contributed by atoms with van der Waals surface area (Å²) >= 11 is 0.926. The maximum atomic E-state index is 14.1. The van der Waals surface area contributed by atoms with E-state index in [4.69, 9.17) is 9.47 Å². The molecule has 1 N–H and O–H groups in total. The number of carbonyl (C=O) groups is 3. The van der Waals surface area contributed by atoms with Crippen LogP contribution in [0.4, 0.5) is 11.4 Å². The predicted molar refractivity (Wildman–Crippen MR) is 209 cm³/mol. The van der Waals surface area contributed by atoms with Crippen LogP contribution in [0.1, 0.15) is 29.7 Å². The number of benzene rings is 4. The second-order valence-corrected chi connectivity index (χ2v) is 12.4. The number of non-ortho nitro benzene ring substituents is 1. The molecule has 15 heteroatoms. The van der Waals surface area contributed by atoms with Gasteiger partial charge in [0.1, 0.15) is 5.57 Å². The van der Waals surface area contributed by atoms with E-state index in [-0.39, 0.29) is 39.6 Å². The molecule has 14 nitrogen and oxygen atoms in total. The van der Waals surface area contributed by atoms with Gasteiger partial charge in [0.05, 0.1) is 34.8 Å². The van der Waals surface area contributed by atoms with E-state index in [0.29, 0.717) is 11.3 Å². The van der Waals surface area contributed by atoms with Gasteiger partial charge in [0.15, 0.2) is 16.7 Å². The summed E-state index contributed by atoms with van der Waals surface area (Å²) in [6, 6.07) is 25.8. The number of nitro benzene ring substituents is 2. The molecule has 3 amide bonds. The van der Waals surface area contributed by atoms with Crippen molar-refractivity contribution in [3.05, 3.63) is 176 Å². The summed E-state index contributed by atoms with van der Waals surface area (Å²) in [5.74, 6) is -2.26. The standard InChI is InChI=1S/C40H33N5O9S/c1-4-6-17-29(5-2)43-39(48)31(22-26-18-20-34(35(23-26)53-3)54-33-21-19-30(44(49)50)24-32(33)45(51)52)38(47)42-40(43)55-25-36(46)41-37(27-13-9-7-10-14-27)28-15-11-8-12-16-28/h4-24,37H,1,25H2,2-3H3,(H,41,46)/b17-6-,29-5+,31-22+. The van der Waals surface area contributed by atoms with Gasteiger partial charge in [0.25, 0.3) is 17.5 Å². The molecule has 0 radical (unpaired) electrons. The number of allylic oxidation sites excluding steroid dienone is 4. The van der Waals surface area contributed by atoms with Crippen LogP contribution in [0.15, 0.2) is 144 Å². The highest BCUT2D eigenvalue weighted by Gasteiger charge is 2.35. The third-order valence-corrected chi connectivity index (χ3v) is 8.92. The van der Waals surface area contributed by atoms with Gasteiger partial charge in [-0.3, -0.25) is 39.5 Å². The normalized spacial score (nSPS) is 13.9. The first-order valence-electron chi connectivity index (χ1n) is 16.5. The minimum Gasteiger partial charge on any atom is -0.493 e. The monoisotopic (exact) mass is 759 g/mol. The first-order chi connectivity index (χ1) is 26.5. The fraction of sp³-hybridized carbons (Fsp3) is 0.100. The third kappa shape index (κ3) is 9.46. The van der Waals surface area contributed by atoms with Gasteiger partial charge in [0.2, 0.25) is 11.7 Å². The third-order valence-electron chi connectivity index (χ3n) is 7.98. The fourth-order valence-corrected chi connectivity index (χ4v) is 6.19. The second kappa shape index (κ2) is 18.1. The van der Waals surface area contributed by atoms with Crippen LogP contribution in [0.5, 0.6) is 17.2 Å². The van der Waals surface area contributed by atoms with Crippen molar-refractivity contribution in [1.29, 1.82) is 0 Å². The van der Waals surface area contributed by atoms with Gasteiger partial charge in [-0.2, -0.15) is 4.99 Å². The van der Waals surface area contributed by atoms with E-state index < -0.39 is 39.1 Å². The van der Waals surface area contributed by atoms with Crippen molar-refractivity contribution in [2.45, 2.75) is 13.0 Å². The summed E-state index contributed by atoms with van der Waals surface area (Å²) in [6.45, 7) is 5.39. The van der Waals surface area contributed by atoms with Crippen molar-refractivity contribution in [3.8, 4) is 17.2 Å². The van der Waals surface area contributed by atoms with Crippen molar-refractivity contribution in [2.75, 3.05) is 12.9 Å². The largest absolute Gasteiger partial charge is 0.493 e. The molecule has 0 aliphatic carbocycles. The maximum Gasteiger partial charge on any atom is 0.318 e. The molecule has 1 heterocycles. The number of nitro groups is 2. The smallest absolute Gasteiger partial charge is 0.318 e. The van der Waals surface area contributed by atoms with Crippen LogP contribution in [-0.2, 0) is 14.4 Å². The quantitative estimate of drug-likeness (QED) is 0.0439. The van der Waals surface area contributed by atoms with Crippen LogP contribution in [-0.4, -0.2) is 50.5 Å². The molecule has 4 aromatic rings. The van der Waals surface area contributed by atoms with Crippen LogP contribution < -0.4 is 14.8 Å². The van der Waals surface area contributed by atoms with Gasteiger partial charge < -0.3 is 14.8 Å². The van der Waals surface area contributed by atoms with E-state index >= 15 is 0 Å². The molecule has 0 saturated heterocycles. The molecule has 1 aliphatic rings. The van der Waals surface area contributed by atoms with Crippen LogP contribution in [0, 0.1) is 20.2 Å². The van der Waals surface area contributed by atoms with Crippen LogP contribution in [0.2, 0.25) is 0 Å². The lowest BCUT2D eigenvalue weighted by Crippen LogP contribution is -2.42. The fourth-order valence-electron chi connectivity index (χ4n) is 5.38. The Morgan fingerprint density at radius 2 is 1.58 bits per heavy atom. The predicted octanol–water partition coefficient (Wildman–Crippen LogP) is 7.70. The Bertz CT molecular complexity index is 2230. The highest BCUT2D eigenvalue weighted by Crippen LogP contribution is 2.39. The van der Waals surface area contributed by atoms with E-state index in [1.165, 1.54) is 42.4 Å². The highest BCUT2D eigenvalue weighted by molar-refractivity contribution is 8.14. The number of amides is 3. The Balaban J connectivity index is 1.42. The lowest BCUT2D eigenvalue weighted by Gasteiger charge is -2.28. The Morgan fingerprint density at radius 1 is 0.927 bits per heavy atom. The zero-order valence-corrected chi connectivity index (χ0v) is 30.3. The summed E-state index contributed by atoms with van der Waals surface area (Å²) in [7, 11) is 1.32. The Hall–Kier alpha value is -7.13. The van der Waals surface area contributed by atoms with E-state index in [1.807, 2.05) is 60.7 Å². The number of rotatable bonds is 14. The number of ether oxygens (including phenoxy) is 2. The summed E-state index contributed by atoms with van der Waals surface area (Å²) in [5.41, 5.74) is 1.01. The van der Waals surface area contributed by atoms with Crippen molar-refractivity contribution in [1.82, 2.24) is 10.2 Å². The molecule has 278 valence electrons. The molecule has 0 unspecified atom stereocenters. The van der Waals surface area contributed by atoms with Crippen LogP contribution in [0.25, 0.3) is 6.08 Å². The molecule has 5 rings (SSSR count). The molecule has 1 aliphatic heterocycles. The average Bonchev–Trinajstić information content (AvgIpc) is 3.19. The molecular formula is C40H33N5O9S. The van der Waals surface area contributed by atoms with E-state index in [2.05, 4.69) is 16.9 Å². The van der Waals surface area contributed by atoms with E-state index in [9.17, 15) is 34.6 Å². The number of carbonyl (C=O) groups excluding carboxylic acids is 3. The van der Waals surface area contributed by atoms with E-state index in [1.54, 1.807) is 25.2 Å². The number of thioether (sulfide) groups is 1. The van der Waals surface area contributed by atoms with Gasteiger partial charge in [0, 0.05) is 11.8 Å². The van der Waals surface area contributed by atoms with Crippen molar-refractivity contribution < 1.29 is 33.7 Å². The lowest BCUT2D eigenvalue weighted by atomic mass is 9.99. The number of methoxy groups -OCH3 is 1. The minimum absolute atomic E-state index is 0.00824. The number of nitrogens with one attached hydrogen (secondary N) is 1. The highest BCUT2D eigenvalue weighted by atomic mass is 32.2. The lowest BCUT2D eigenvalue weighted by molar-refractivity contribution is -0.394.